The molecule has 0 saturated heterocycles. The number of carbonyl (C=O) groups is 2. The van der Waals surface area contributed by atoms with Crippen molar-refractivity contribution in [2.45, 2.75) is 58.8 Å². The molecule has 2 aromatic rings. The molecule has 0 aromatic heterocycles. The molecule has 29 heavy (non-hydrogen) atoms. The number of hydrogen-bond donors (Lipinski definition) is 2. The van der Waals surface area contributed by atoms with Crippen LogP contribution in [0.3, 0.4) is 0 Å². The van der Waals surface area contributed by atoms with Crippen LogP contribution in [0.15, 0.2) is 48.5 Å². The zero-order valence-electron chi connectivity index (χ0n) is 18.3. The van der Waals surface area contributed by atoms with Crippen LogP contribution in [0.2, 0.25) is 0 Å². The Labute approximate surface area is 175 Å². The molecular weight excluding hydrogens is 360 g/mol. The van der Waals surface area contributed by atoms with E-state index < -0.39 is 0 Å². The van der Waals surface area contributed by atoms with Gasteiger partial charge < -0.3 is 10.6 Å². The third-order valence-corrected chi connectivity index (χ3v) is 5.03. The van der Waals surface area contributed by atoms with Gasteiger partial charge in [-0.1, -0.05) is 71.0 Å². The highest BCUT2D eigenvalue weighted by atomic mass is 16.2. The first-order valence-electron chi connectivity index (χ1n) is 10.4. The summed E-state index contributed by atoms with van der Waals surface area (Å²) in [5, 5.41) is 5.73. The molecule has 0 spiro atoms. The molecular formula is C25H34N2O2. The van der Waals surface area contributed by atoms with E-state index in [0.29, 0.717) is 24.6 Å². The summed E-state index contributed by atoms with van der Waals surface area (Å²) in [6.45, 7) is 11.7. The highest BCUT2D eigenvalue weighted by molar-refractivity contribution is 5.94. The second kappa shape index (κ2) is 10.2. The summed E-state index contributed by atoms with van der Waals surface area (Å²) in [5.41, 5.74) is 4.39. The van der Waals surface area contributed by atoms with Gasteiger partial charge in [-0.05, 0) is 46.6 Å². The zero-order valence-corrected chi connectivity index (χ0v) is 18.3. The van der Waals surface area contributed by atoms with Crippen molar-refractivity contribution in [2.75, 3.05) is 13.1 Å². The standard InChI is InChI=1S/C25H34N2O2/c1-18(2)20-8-6-19(7-9-20)14-16-26-23(28)15-17-27-24(29)21-10-12-22(13-11-21)25(3,4)5/h6-13,18H,14-17H2,1-5H3,(H,26,28)(H,27,29). The highest BCUT2D eigenvalue weighted by Gasteiger charge is 2.14. The van der Waals surface area contributed by atoms with Crippen molar-refractivity contribution in [1.82, 2.24) is 10.6 Å². The van der Waals surface area contributed by atoms with Gasteiger partial charge in [0, 0.05) is 25.1 Å². The fourth-order valence-corrected chi connectivity index (χ4v) is 3.02. The molecule has 2 aromatic carbocycles. The predicted molar refractivity (Wildman–Crippen MR) is 119 cm³/mol. The molecule has 0 aliphatic rings. The fourth-order valence-electron chi connectivity index (χ4n) is 3.02. The van der Waals surface area contributed by atoms with Crippen LogP contribution in [0.1, 0.15) is 74.0 Å². The molecule has 156 valence electrons. The van der Waals surface area contributed by atoms with Gasteiger partial charge in [-0.3, -0.25) is 9.59 Å². The molecule has 0 saturated carbocycles. The lowest BCUT2D eigenvalue weighted by atomic mass is 9.87. The van der Waals surface area contributed by atoms with Crippen LogP contribution < -0.4 is 10.6 Å². The lowest BCUT2D eigenvalue weighted by Crippen LogP contribution is -2.31. The van der Waals surface area contributed by atoms with Crippen molar-refractivity contribution in [3.05, 3.63) is 70.8 Å². The maximum Gasteiger partial charge on any atom is 0.251 e. The number of rotatable bonds is 8. The summed E-state index contributed by atoms with van der Waals surface area (Å²) in [7, 11) is 0. The Bertz CT molecular complexity index is 800. The molecule has 2 rings (SSSR count). The normalized spacial score (nSPS) is 11.4. The van der Waals surface area contributed by atoms with Gasteiger partial charge in [-0.15, -0.1) is 0 Å². The van der Waals surface area contributed by atoms with Gasteiger partial charge >= 0.3 is 0 Å². The molecule has 0 fully saturated rings. The van der Waals surface area contributed by atoms with Gasteiger partial charge in [-0.25, -0.2) is 0 Å². The van der Waals surface area contributed by atoms with Crippen molar-refractivity contribution in [1.29, 1.82) is 0 Å². The van der Waals surface area contributed by atoms with Gasteiger partial charge in [0.25, 0.3) is 5.91 Å². The van der Waals surface area contributed by atoms with Crippen molar-refractivity contribution in [3.8, 4) is 0 Å². The highest BCUT2D eigenvalue weighted by Crippen LogP contribution is 2.22. The summed E-state index contributed by atoms with van der Waals surface area (Å²) in [5.74, 6) is 0.325. The van der Waals surface area contributed by atoms with Crippen LogP contribution >= 0.6 is 0 Å². The van der Waals surface area contributed by atoms with E-state index in [0.717, 1.165) is 6.42 Å². The average Bonchev–Trinajstić information content (AvgIpc) is 2.67. The minimum atomic E-state index is -0.150. The first-order chi connectivity index (χ1) is 13.7. The van der Waals surface area contributed by atoms with Gasteiger partial charge in [0.15, 0.2) is 0 Å². The van der Waals surface area contributed by atoms with Crippen molar-refractivity contribution in [3.63, 3.8) is 0 Å². The number of nitrogens with one attached hydrogen (secondary N) is 2. The Morgan fingerprint density at radius 2 is 1.48 bits per heavy atom. The van der Waals surface area contributed by atoms with Crippen molar-refractivity contribution >= 4 is 11.8 Å². The maximum atomic E-state index is 12.2. The summed E-state index contributed by atoms with van der Waals surface area (Å²) in [6, 6.07) is 16.2. The first-order valence-corrected chi connectivity index (χ1v) is 10.4. The summed E-state index contributed by atoms with van der Waals surface area (Å²) < 4.78 is 0. The second-order valence-electron chi connectivity index (χ2n) is 8.83. The Balaban J connectivity index is 1.68. The van der Waals surface area contributed by atoms with E-state index in [4.69, 9.17) is 0 Å². The molecule has 4 nitrogen and oxygen atoms in total. The molecule has 4 heteroatoms. The minimum absolute atomic E-state index is 0.0489. The largest absolute Gasteiger partial charge is 0.356 e. The van der Waals surface area contributed by atoms with E-state index in [-0.39, 0.29) is 23.7 Å². The Kier molecular flexibility index (Phi) is 8.00. The molecule has 0 heterocycles. The minimum Gasteiger partial charge on any atom is -0.356 e. The molecule has 2 amide bonds. The van der Waals surface area contributed by atoms with Crippen LogP contribution in [0, 0.1) is 0 Å². The van der Waals surface area contributed by atoms with E-state index in [1.54, 1.807) is 0 Å². The Hall–Kier alpha value is -2.62. The molecule has 0 radical (unpaired) electrons. The smallest absolute Gasteiger partial charge is 0.251 e. The topological polar surface area (TPSA) is 58.2 Å². The molecule has 0 aliphatic heterocycles. The first kappa shape index (κ1) is 22.7. The Morgan fingerprint density at radius 1 is 0.862 bits per heavy atom. The van der Waals surface area contributed by atoms with Crippen LogP contribution in [-0.4, -0.2) is 24.9 Å². The predicted octanol–water partition coefficient (Wildman–Crippen LogP) is 4.59. The number of benzene rings is 2. The SMILES string of the molecule is CC(C)c1ccc(CCNC(=O)CCNC(=O)c2ccc(C(C)(C)C)cc2)cc1. The van der Waals surface area contributed by atoms with Gasteiger partial charge in [0.2, 0.25) is 5.91 Å². The van der Waals surface area contributed by atoms with Crippen LogP contribution in [0.4, 0.5) is 0 Å². The molecule has 0 bridgehead atoms. The van der Waals surface area contributed by atoms with E-state index in [9.17, 15) is 9.59 Å². The van der Waals surface area contributed by atoms with E-state index >= 15 is 0 Å². The zero-order chi connectivity index (χ0) is 21.4. The quantitative estimate of drug-likeness (QED) is 0.688. The molecule has 0 unspecified atom stereocenters. The lowest BCUT2D eigenvalue weighted by molar-refractivity contribution is -0.120. The third-order valence-electron chi connectivity index (χ3n) is 5.03. The number of carbonyl (C=O) groups excluding carboxylic acids is 2. The van der Waals surface area contributed by atoms with E-state index in [1.165, 1.54) is 16.7 Å². The monoisotopic (exact) mass is 394 g/mol. The van der Waals surface area contributed by atoms with Crippen LogP contribution in [0.5, 0.6) is 0 Å². The van der Waals surface area contributed by atoms with Crippen LogP contribution in [-0.2, 0) is 16.6 Å². The van der Waals surface area contributed by atoms with Gasteiger partial charge in [-0.2, -0.15) is 0 Å². The summed E-state index contributed by atoms with van der Waals surface area (Å²) in [6.07, 6.45) is 1.08. The molecule has 0 aliphatic carbocycles. The van der Waals surface area contributed by atoms with Crippen molar-refractivity contribution < 1.29 is 9.59 Å². The fraction of sp³-hybridized carbons (Fsp3) is 0.440. The molecule has 0 atom stereocenters. The third kappa shape index (κ3) is 7.37. The molecule has 2 N–H and O–H groups in total. The van der Waals surface area contributed by atoms with E-state index in [2.05, 4.69) is 69.5 Å². The average molecular weight is 395 g/mol. The van der Waals surface area contributed by atoms with E-state index in [1.807, 2.05) is 24.3 Å². The van der Waals surface area contributed by atoms with Crippen LogP contribution in [0.25, 0.3) is 0 Å². The summed E-state index contributed by atoms with van der Waals surface area (Å²) in [4.78, 5) is 24.2. The maximum absolute atomic E-state index is 12.2. The number of hydrogen-bond acceptors (Lipinski definition) is 2. The lowest BCUT2D eigenvalue weighted by Gasteiger charge is -2.19. The second-order valence-corrected chi connectivity index (χ2v) is 8.83. The summed E-state index contributed by atoms with van der Waals surface area (Å²) >= 11 is 0. The van der Waals surface area contributed by atoms with Crippen molar-refractivity contribution in [2.24, 2.45) is 0 Å². The van der Waals surface area contributed by atoms with Gasteiger partial charge in [0.1, 0.15) is 0 Å². The Morgan fingerprint density at radius 3 is 2.03 bits per heavy atom. The van der Waals surface area contributed by atoms with Gasteiger partial charge in [0.05, 0.1) is 0 Å². The number of amides is 2.